The van der Waals surface area contributed by atoms with Gasteiger partial charge in [-0.05, 0) is 37.7 Å². The van der Waals surface area contributed by atoms with Gasteiger partial charge in [0.15, 0.2) is 0 Å². The molecule has 3 nitrogen and oxygen atoms in total. The summed E-state index contributed by atoms with van der Waals surface area (Å²) in [5, 5.41) is 12.8. The Kier molecular flexibility index (Phi) is 7.70. The molecule has 0 aliphatic rings. The van der Waals surface area contributed by atoms with Crippen LogP contribution in [0.5, 0.6) is 0 Å². The van der Waals surface area contributed by atoms with Gasteiger partial charge in [0.25, 0.3) is 0 Å². The van der Waals surface area contributed by atoms with E-state index in [1.807, 2.05) is 25.1 Å². The van der Waals surface area contributed by atoms with Gasteiger partial charge in [-0.1, -0.05) is 31.5 Å². The second-order valence-corrected chi connectivity index (χ2v) is 6.46. The Morgan fingerprint density at radius 3 is 2.70 bits per heavy atom. The van der Waals surface area contributed by atoms with Crippen LogP contribution in [-0.2, 0) is 4.79 Å². The van der Waals surface area contributed by atoms with Gasteiger partial charge in [-0.15, -0.1) is 11.8 Å². The maximum absolute atomic E-state index is 11.7. The largest absolute Gasteiger partial charge is 0.388 e. The van der Waals surface area contributed by atoms with Crippen LogP contribution in [0.3, 0.4) is 0 Å². The second-order valence-electron chi connectivity index (χ2n) is 5.29. The normalized spacial score (nSPS) is 13.8. The molecule has 2 N–H and O–H groups in total. The molecule has 1 aromatic rings. The van der Waals surface area contributed by atoms with Crippen LogP contribution in [0.25, 0.3) is 0 Å². The van der Waals surface area contributed by atoms with E-state index < -0.39 is 5.60 Å². The number of nitrogens with one attached hydrogen (secondary N) is 1. The second kappa shape index (κ2) is 9.03. The van der Waals surface area contributed by atoms with E-state index in [0.717, 1.165) is 18.6 Å². The molecule has 1 amide bonds. The Morgan fingerprint density at radius 2 is 2.05 bits per heavy atom. The summed E-state index contributed by atoms with van der Waals surface area (Å²) in [6.07, 6.45) is 2.98. The molecular formula is C16H25NO2S. The van der Waals surface area contributed by atoms with Crippen molar-refractivity contribution in [1.29, 1.82) is 0 Å². The summed E-state index contributed by atoms with van der Waals surface area (Å²) >= 11 is 1.76. The van der Waals surface area contributed by atoms with Crippen molar-refractivity contribution in [3.05, 3.63) is 30.3 Å². The lowest BCUT2D eigenvalue weighted by Crippen LogP contribution is -2.40. The van der Waals surface area contributed by atoms with Gasteiger partial charge in [0, 0.05) is 17.9 Å². The smallest absolute Gasteiger partial charge is 0.220 e. The maximum atomic E-state index is 11.7. The van der Waals surface area contributed by atoms with E-state index in [1.54, 1.807) is 18.7 Å². The van der Waals surface area contributed by atoms with Crippen molar-refractivity contribution in [3.8, 4) is 0 Å². The number of hydrogen-bond donors (Lipinski definition) is 2. The minimum atomic E-state index is -0.788. The summed E-state index contributed by atoms with van der Waals surface area (Å²) < 4.78 is 0. The average Bonchev–Trinajstić information content (AvgIpc) is 2.43. The molecule has 112 valence electrons. The predicted molar refractivity (Wildman–Crippen MR) is 84.9 cm³/mol. The summed E-state index contributed by atoms with van der Waals surface area (Å²) in [4.78, 5) is 12.9. The van der Waals surface area contributed by atoms with Crippen molar-refractivity contribution in [2.24, 2.45) is 0 Å². The molecule has 0 bridgehead atoms. The Bertz CT molecular complexity index is 393. The summed E-state index contributed by atoms with van der Waals surface area (Å²) in [6.45, 7) is 4.13. The zero-order valence-corrected chi connectivity index (χ0v) is 13.2. The van der Waals surface area contributed by atoms with Gasteiger partial charge in [0.2, 0.25) is 5.91 Å². The molecule has 0 aromatic heterocycles. The number of hydrogen-bond acceptors (Lipinski definition) is 3. The average molecular weight is 295 g/mol. The summed E-state index contributed by atoms with van der Waals surface area (Å²) in [6, 6.07) is 10.2. The lowest BCUT2D eigenvalue weighted by Gasteiger charge is -2.22. The van der Waals surface area contributed by atoms with Gasteiger partial charge in [0.05, 0.1) is 5.60 Å². The molecule has 4 heteroatoms. The fourth-order valence-electron chi connectivity index (χ4n) is 1.94. The first-order valence-electron chi connectivity index (χ1n) is 7.20. The van der Waals surface area contributed by atoms with E-state index in [9.17, 15) is 9.90 Å². The third kappa shape index (κ3) is 7.56. The molecule has 0 fully saturated rings. The van der Waals surface area contributed by atoms with E-state index in [-0.39, 0.29) is 5.91 Å². The molecule has 1 rings (SSSR count). The predicted octanol–water partition coefficient (Wildman–Crippen LogP) is 3.23. The van der Waals surface area contributed by atoms with E-state index in [1.165, 1.54) is 4.90 Å². The van der Waals surface area contributed by atoms with Gasteiger partial charge in [0.1, 0.15) is 0 Å². The minimum absolute atomic E-state index is 0.0232. The van der Waals surface area contributed by atoms with Gasteiger partial charge in [-0.25, -0.2) is 0 Å². The molecule has 1 unspecified atom stereocenters. The van der Waals surface area contributed by atoms with Crippen molar-refractivity contribution >= 4 is 17.7 Å². The number of amides is 1. The summed E-state index contributed by atoms with van der Waals surface area (Å²) in [7, 11) is 0. The first kappa shape index (κ1) is 17.1. The molecule has 1 atom stereocenters. The summed E-state index contributed by atoms with van der Waals surface area (Å²) in [5.74, 6) is 0.957. The van der Waals surface area contributed by atoms with Gasteiger partial charge in [-0.3, -0.25) is 4.79 Å². The number of benzene rings is 1. The number of carbonyl (C=O) groups excluding carboxylic acids is 1. The highest BCUT2D eigenvalue weighted by Gasteiger charge is 2.19. The van der Waals surface area contributed by atoms with Crippen LogP contribution in [0.15, 0.2) is 35.2 Å². The topological polar surface area (TPSA) is 49.3 Å². The number of rotatable bonds is 9. The molecule has 0 spiro atoms. The van der Waals surface area contributed by atoms with Crippen LogP contribution in [-0.4, -0.2) is 28.9 Å². The third-order valence-electron chi connectivity index (χ3n) is 3.02. The molecule has 0 aliphatic heterocycles. The molecule has 20 heavy (non-hydrogen) atoms. The van der Waals surface area contributed by atoms with Crippen molar-refractivity contribution in [2.75, 3.05) is 12.3 Å². The van der Waals surface area contributed by atoms with E-state index >= 15 is 0 Å². The van der Waals surface area contributed by atoms with Crippen molar-refractivity contribution in [3.63, 3.8) is 0 Å². The van der Waals surface area contributed by atoms with Crippen LogP contribution in [0.1, 0.15) is 39.5 Å². The highest BCUT2D eigenvalue weighted by Crippen LogP contribution is 2.18. The van der Waals surface area contributed by atoms with E-state index in [0.29, 0.717) is 19.4 Å². The SMILES string of the molecule is CCCC(C)(O)CNC(=O)CCCSc1ccccc1. The van der Waals surface area contributed by atoms with Crippen molar-refractivity contribution in [1.82, 2.24) is 5.32 Å². The highest BCUT2D eigenvalue weighted by atomic mass is 32.2. The Balaban J connectivity index is 2.11. The standard InChI is InChI=1S/C16H25NO2S/c1-3-11-16(2,19)13-17-15(18)10-7-12-20-14-8-5-4-6-9-14/h4-6,8-9,19H,3,7,10-13H2,1-2H3,(H,17,18). The lowest BCUT2D eigenvalue weighted by molar-refractivity contribution is -0.122. The van der Waals surface area contributed by atoms with Gasteiger partial charge in [-0.2, -0.15) is 0 Å². The van der Waals surface area contributed by atoms with Crippen LogP contribution >= 0.6 is 11.8 Å². The van der Waals surface area contributed by atoms with Crippen LogP contribution < -0.4 is 5.32 Å². The maximum Gasteiger partial charge on any atom is 0.220 e. The van der Waals surface area contributed by atoms with Gasteiger partial charge >= 0.3 is 0 Å². The molecule has 0 heterocycles. The highest BCUT2D eigenvalue weighted by molar-refractivity contribution is 7.99. The Labute approximate surface area is 126 Å². The quantitative estimate of drug-likeness (QED) is 0.543. The van der Waals surface area contributed by atoms with Crippen LogP contribution in [0.4, 0.5) is 0 Å². The third-order valence-corrected chi connectivity index (χ3v) is 4.11. The number of thioether (sulfide) groups is 1. The minimum Gasteiger partial charge on any atom is -0.388 e. The van der Waals surface area contributed by atoms with Crippen LogP contribution in [0, 0.1) is 0 Å². The zero-order valence-electron chi connectivity index (χ0n) is 12.4. The molecular weight excluding hydrogens is 270 g/mol. The molecule has 0 aliphatic carbocycles. The first-order valence-corrected chi connectivity index (χ1v) is 8.19. The molecule has 0 saturated carbocycles. The Hall–Kier alpha value is -1.00. The summed E-state index contributed by atoms with van der Waals surface area (Å²) in [5.41, 5.74) is -0.788. The fourth-order valence-corrected chi connectivity index (χ4v) is 2.82. The lowest BCUT2D eigenvalue weighted by atomic mass is 10.0. The number of carbonyl (C=O) groups is 1. The molecule has 0 radical (unpaired) electrons. The monoisotopic (exact) mass is 295 g/mol. The van der Waals surface area contributed by atoms with Gasteiger partial charge < -0.3 is 10.4 Å². The number of aliphatic hydroxyl groups is 1. The van der Waals surface area contributed by atoms with Crippen molar-refractivity contribution in [2.45, 2.75) is 50.0 Å². The fraction of sp³-hybridized carbons (Fsp3) is 0.562. The molecule has 0 saturated heterocycles. The van der Waals surface area contributed by atoms with E-state index in [2.05, 4.69) is 17.4 Å². The van der Waals surface area contributed by atoms with Crippen molar-refractivity contribution < 1.29 is 9.90 Å². The van der Waals surface area contributed by atoms with Crippen LogP contribution in [0.2, 0.25) is 0 Å². The molecule has 1 aromatic carbocycles. The van der Waals surface area contributed by atoms with E-state index in [4.69, 9.17) is 0 Å². The zero-order chi connectivity index (χ0) is 14.8. The Morgan fingerprint density at radius 1 is 1.35 bits per heavy atom. The first-order chi connectivity index (χ1) is 9.53.